The summed E-state index contributed by atoms with van der Waals surface area (Å²) in [5.41, 5.74) is 3.29. The molecule has 1 saturated carbocycles. The summed E-state index contributed by atoms with van der Waals surface area (Å²) in [6.45, 7) is 64.7. The van der Waals surface area contributed by atoms with Gasteiger partial charge in [-0.25, -0.2) is 0 Å². The quantitative estimate of drug-likeness (QED) is 0.230. The highest BCUT2D eigenvalue weighted by Gasteiger charge is 2.56. The van der Waals surface area contributed by atoms with Gasteiger partial charge in [-0.2, -0.15) is 5.10 Å². The van der Waals surface area contributed by atoms with Gasteiger partial charge in [0.05, 0.1) is 6.20 Å². The second-order valence-corrected chi connectivity index (χ2v) is 26.8. The van der Waals surface area contributed by atoms with E-state index in [-0.39, 0.29) is 0 Å². The molecule has 0 bridgehead atoms. The second kappa shape index (κ2) is 24.1. The highest BCUT2D eigenvalue weighted by Crippen LogP contribution is 2.55. The number of rotatable bonds is 10. The maximum atomic E-state index is 4.25. The molecule has 7 aliphatic heterocycles. The summed E-state index contributed by atoms with van der Waals surface area (Å²) in [7, 11) is 0. The van der Waals surface area contributed by atoms with Crippen LogP contribution in [0.5, 0.6) is 0 Å². The fourth-order valence-electron chi connectivity index (χ4n) is 13.1. The third-order valence-corrected chi connectivity index (χ3v) is 18.4. The average Bonchev–Trinajstić information content (AvgIpc) is 4.05. The Balaban J connectivity index is 0.000000158. The van der Waals surface area contributed by atoms with Gasteiger partial charge in [0.15, 0.2) is 0 Å². The number of piperidine rings is 1. The van der Waals surface area contributed by atoms with E-state index in [0.29, 0.717) is 28.2 Å². The van der Waals surface area contributed by atoms with Gasteiger partial charge in [-0.3, -0.25) is 9.58 Å². The molecule has 0 aromatic carbocycles. The van der Waals surface area contributed by atoms with E-state index in [1.165, 1.54) is 129 Å². The van der Waals surface area contributed by atoms with Crippen molar-refractivity contribution in [3.63, 3.8) is 0 Å². The van der Waals surface area contributed by atoms with Crippen LogP contribution >= 0.6 is 0 Å². The number of likely N-dealkylation sites (tertiary alicyclic amines) is 7. The summed E-state index contributed by atoms with van der Waals surface area (Å²) in [5.74, 6) is 4.71. The van der Waals surface area contributed by atoms with Crippen molar-refractivity contribution in [3.05, 3.63) is 18.0 Å². The molecule has 0 radical (unpaired) electrons. The van der Waals surface area contributed by atoms with E-state index in [1.807, 2.05) is 10.9 Å². The molecule has 0 amide bonds. The van der Waals surface area contributed by atoms with Crippen LogP contribution in [0.4, 0.5) is 0 Å². The minimum absolute atomic E-state index is 0.475. The van der Waals surface area contributed by atoms with Gasteiger partial charge in [0.25, 0.3) is 0 Å². The molecule has 390 valence electrons. The molecule has 9 nitrogen and oxygen atoms in total. The number of hydrogen-bond donors (Lipinski definition) is 0. The Morgan fingerprint density at radius 1 is 0.388 bits per heavy atom. The minimum Gasteiger partial charge on any atom is -0.300 e. The van der Waals surface area contributed by atoms with E-state index < -0.39 is 0 Å². The summed E-state index contributed by atoms with van der Waals surface area (Å²) in [6.07, 6.45) is 11.2. The number of nitrogens with zero attached hydrogens (tertiary/aromatic N) is 9. The molecule has 3 spiro atoms. The minimum atomic E-state index is 0.475. The first-order valence-corrected chi connectivity index (χ1v) is 28.5. The summed E-state index contributed by atoms with van der Waals surface area (Å²) in [4.78, 5) is 18.5. The van der Waals surface area contributed by atoms with Crippen molar-refractivity contribution < 1.29 is 0 Å². The Kier molecular flexibility index (Phi) is 20.4. The Bertz CT molecular complexity index is 1450. The van der Waals surface area contributed by atoms with Gasteiger partial charge in [-0.1, -0.05) is 27.7 Å². The van der Waals surface area contributed by atoms with E-state index in [2.05, 4.69) is 184 Å². The van der Waals surface area contributed by atoms with Crippen LogP contribution in [0.1, 0.15) is 188 Å². The zero-order valence-electron chi connectivity index (χ0n) is 48.1. The van der Waals surface area contributed by atoms with Crippen molar-refractivity contribution in [1.82, 2.24) is 44.1 Å². The molecule has 9 heteroatoms. The van der Waals surface area contributed by atoms with E-state index in [1.54, 1.807) is 0 Å². The summed E-state index contributed by atoms with van der Waals surface area (Å²) in [6, 6.07) is 5.66. The molecule has 2 unspecified atom stereocenters. The Morgan fingerprint density at radius 3 is 0.925 bits per heavy atom. The summed E-state index contributed by atoms with van der Waals surface area (Å²) in [5, 5.41) is 4.25. The van der Waals surface area contributed by atoms with Crippen molar-refractivity contribution >= 4 is 0 Å². The van der Waals surface area contributed by atoms with Gasteiger partial charge in [0.1, 0.15) is 0 Å². The first kappa shape index (κ1) is 56.8. The predicted octanol–water partition coefficient (Wildman–Crippen LogP) is 11.0. The van der Waals surface area contributed by atoms with Crippen molar-refractivity contribution in [3.8, 4) is 0 Å². The zero-order chi connectivity index (χ0) is 49.8. The fourth-order valence-corrected chi connectivity index (χ4v) is 13.1. The number of aromatic nitrogens is 2. The van der Waals surface area contributed by atoms with E-state index >= 15 is 0 Å². The molecule has 8 aliphatic rings. The molecule has 7 saturated heterocycles. The summed E-state index contributed by atoms with van der Waals surface area (Å²) >= 11 is 0. The van der Waals surface area contributed by atoms with Gasteiger partial charge >= 0.3 is 0 Å². The second-order valence-electron chi connectivity index (χ2n) is 26.8. The van der Waals surface area contributed by atoms with Crippen LogP contribution in [0.15, 0.2) is 12.4 Å². The van der Waals surface area contributed by atoms with Crippen molar-refractivity contribution in [2.75, 3.05) is 91.6 Å². The lowest BCUT2D eigenvalue weighted by atomic mass is 9.78. The van der Waals surface area contributed by atoms with Crippen molar-refractivity contribution in [2.45, 2.75) is 225 Å². The van der Waals surface area contributed by atoms with Crippen LogP contribution < -0.4 is 0 Å². The first-order valence-electron chi connectivity index (χ1n) is 28.5. The smallest absolute Gasteiger partial charge is 0.0524 e. The van der Waals surface area contributed by atoms with E-state index in [4.69, 9.17) is 0 Å². The SMILES string of the molecule is CC(C)C1C2CN(C(C)C)CC21.CC(C)N1CCC2(C1)CN(C(C)C)C2.CC(C)N1CCC2(CCN(C(C)C)C2)C1.CC(C)N1CCC2(CCN(C(C)C)C2)C1.CC(C)c1cnn(C(C)C)c1. The summed E-state index contributed by atoms with van der Waals surface area (Å²) < 4.78 is 2.00. The highest BCUT2D eigenvalue weighted by atomic mass is 15.3. The predicted molar refractivity (Wildman–Crippen MR) is 289 cm³/mol. The van der Waals surface area contributed by atoms with Crippen LogP contribution in [0.25, 0.3) is 0 Å². The van der Waals surface area contributed by atoms with Gasteiger partial charge in [-0.05, 0) is 222 Å². The third kappa shape index (κ3) is 15.0. The molecule has 1 aromatic heterocycles. The van der Waals surface area contributed by atoms with Gasteiger partial charge in [0, 0.05) is 119 Å². The van der Waals surface area contributed by atoms with Crippen LogP contribution in [-0.4, -0.2) is 178 Å². The fraction of sp³-hybridized carbons (Fsp3) is 0.948. The normalized spacial score (nSPS) is 27.4. The standard InChI is InChI=1S/2C13H26N2.C12H24N2.C11H21N.C9H16N2/c2*1-11(2)14-7-5-13(9-14)6-8-15(10-13)12(3)4;1-10(2)13-6-5-12(7-13)8-14(9-12)11(3)4;1-7(2)11-9-5-12(8(3)4)6-10(9)11;1-7(2)9-5-10-11(6-9)8(3)4/h2*11-12H,5-10H2,1-4H3;10-11H,5-9H2,1-4H3;7-11H,5-6H2,1-4H3;5-8H,1-4H3. The van der Waals surface area contributed by atoms with Crippen molar-refractivity contribution in [2.24, 2.45) is 39.9 Å². The molecule has 1 aromatic rings. The zero-order valence-corrected chi connectivity index (χ0v) is 48.1. The molecule has 9 rings (SSSR count). The Morgan fingerprint density at radius 2 is 0.687 bits per heavy atom. The van der Waals surface area contributed by atoms with Crippen LogP contribution in [-0.2, 0) is 0 Å². The molecule has 0 N–H and O–H groups in total. The molecular formula is C58H113N9. The lowest BCUT2D eigenvalue weighted by Crippen LogP contribution is -2.59. The molecule has 2 atom stereocenters. The van der Waals surface area contributed by atoms with E-state index in [9.17, 15) is 0 Å². The van der Waals surface area contributed by atoms with Crippen LogP contribution in [0.2, 0.25) is 0 Å². The van der Waals surface area contributed by atoms with Crippen LogP contribution in [0.3, 0.4) is 0 Å². The average molecular weight is 937 g/mol. The third-order valence-electron chi connectivity index (χ3n) is 18.4. The highest BCUT2D eigenvalue weighted by molar-refractivity contribution is 5.09. The van der Waals surface area contributed by atoms with Crippen molar-refractivity contribution in [1.29, 1.82) is 0 Å². The molecule has 8 fully saturated rings. The lowest BCUT2D eigenvalue weighted by molar-refractivity contribution is -0.0158. The molecule has 1 aliphatic carbocycles. The van der Waals surface area contributed by atoms with Crippen LogP contribution in [0, 0.1) is 39.9 Å². The largest absolute Gasteiger partial charge is 0.300 e. The molecule has 67 heavy (non-hydrogen) atoms. The first-order chi connectivity index (χ1) is 31.3. The number of fused-ring (bicyclic) bond motifs is 1. The number of hydrogen-bond acceptors (Lipinski definition) is 8. The van der Waals surface area contributed by atoms with E-state index in [0.717, 1.165) is 66.0 Å². The topological polar surface area (TPSA) is 40.5 Å². The molecular weight excluding hydrogens is 823 g/mol. The molecule has 8 heterocycles. The lowest BCUT2D eigenvalue weighted by Gasteiger charge is -2.50. The maximum Gasteiger partial charge on any atom is 0.0524 e. The van der Waals surface area contributed by atoms with Gasteiger partial charge in [-0.15, -0.1) is 0 Å². The Hall–Kier alpha value is -1.07. The van der Waals surface area contributed by atoms with Gasteiger partial charge in [0.2, 0.25) is 0 Å². The maximum absolute atomic E-state index is 4.25. The Labute approximate surface area is 416 Å². The van der Waals surface area contributed by atoms with Gasteiger partial charge < -0.3 is 29.4 Å². The monoisotopic (exact) mass is 936 g/mol.